The molecule has 0 saturated carbocycles. The van der Waals surface area contributed by atoms with E-state index in [-0.39, 0.29) is 16.8 Å². The first-order valence-electron chi connectivity index (χ1n) is 8.45. The number of rotatable bonds is 6. The van der Waals surface area contributed by atoms with Crippen molar-refractivity contribution in [3.63, 3.8) is 0 Å². The van der Waals surface area contributed by atoms with E-state index in [2.05, 4.69) is 9.97 Å². The third-order valence-corrected chi connectivity index (χ3v) is 5.04. The summed E-state index contributed by atoms with van der Waals surface area (Å²) >= 11 is 1.04. The van der Waals surface area contributed by atoms with Gasteiger partial charge in [0.2, 0.25) is 5.91 Å². The standard InChI is InChI=1S/C18H19N5O4S/c1-4-27-11-7-5-10(6-8-11)14-20-15-13(16(21-14)28-9-12(19)24)17(25)23(3)18(26)22(15)2/h5-8H,4,9H2,1-3H3,(H2,19,24). The minimum Gasteiger partial charge on any atom is -0.494 e. The van der Waals surface area contributed by atoms with Crippen molar-refractivity contribution in [3.05, 3.63) is 45.1 Å². The minimum absolute atomic E-state index is 0.0547. The van der Waals surface area contributed by atoms with Crippen LogP contribution in [0.3, 0.4) is 0 Å². The van der Waals surface area contributed by atoms with Crippen LogP contribution >= 0.6 is 11.8 Å². The highest BCUT2D eigenvalue weighted by Gasteiger charge is 2.18. The monoisotopic (exact) mass is 401 g/mol. The normalized spacial score (nSPS) is 11.0. The molecule has 0 radical (unpaired) electrons. The molecule has 0 aliphatic heterocycles. The molecular formula is C18H19N5O4S. The average molecular weight is 401 g/mol. The van der Waals surface area contributed by atoms with Crippen LogP contribution in [0.2, 0.25) is 0 Å². The van der Waals surface area contributed by atoms with Gasteiger partial charge in [0.05, 0.1) is 12.4 Å². The number of fused-ring (bicyclic) bond motifs is 1. The van der Waals surface area contributed by atoms with Crippen molar-refractivity contribution < 1.29 is 9.53 Å². The fourth-order valence-electron chi connectivity index (χ4n) is 2.67. The zero-order valence-corrected chi connectivity index (χ0v) is 16.4. The molecule has 0 saturated heterocycles. The van der Waals surface area contributed by atoms with Crippen LogP contribution in [0.5, 0.6) is 5.75 Å². The van der Waals surface area contributed by atoms with Gasteiger partial charge in [-0.15, -0.1) is 0 Å². The van der Waals surface area contributed by atoms with Crippen molar-refractivity contribution in [1.29, 1.82) is 0 Å². The second-order valence-corrected chi connectivity index (χ2v) is 6.93. The lowest BCUT2D eigenvalue weighted by atomic mass is 10.2. The zero-order chi connectivity index (χ0) is 20.4. The molecule has 2 aromatic heterocycles. The van der Waals surface area contributed by atoms with Gasteiger partial charge in [-0.05, 0) is 31.2 Å². The SMILES string of the molecule is CCOc1ccc(-c2nc(SCC(N)=O)c3c(=O)n(C)c(=O)n(C)c3n2)cc1. The minimum atomic E-state index is -0.541. The number of carbonyl (C=O) groups excluding carboxylic acids is 1. The summed E-state index contributed by atoms with van der Waals surface area (Å²) in [7, 11) is 2.91. The van der Waals surface area contributed by atoms with E-state index in [0.717, 1.165) is 16.3 Å². The number of hydrogen-bond acceptors (Lipinski definition) is 7. The van der Waals surface area contributed by atoms with E-state index in [4.69, 9.17) is 10.5 Å². The van der Waals surface area contributed by atoms with Gasteiger partial charge in [0.1, 0.15) is 16.2 Å². The second kappa shape index (κ2) is 7.85. The molecule has 1 amide bonds. The van der Waals surface area contributed by atoms with Crippen molar-refractivity contribution in [1.82, 2.24) is 19.1 Å². The van der Waals surface area contributed by atoms with Crippen LogP contribution < -0.4 is 21.7 Å². The van der Waals surface area contributed by atoms with Crippen molar-refractivity contribution in [2.24, 2.45) is 19.8 Å². The maximum absolute atomic E-state index is 12.7. The van der Waals surface area contributed by atoms with E-state index in [1.54, 1.807) is 24.3 Å². The molecule has 9 nitrogen and oxygen atoms in total. The quantitative estimate of drug-likeness (QED) is 0.476. The maximum Gasteiger partial charge on any atom is 0.332 e. The number of nitrogens with zero attached hydrogens (tertiary/aromatic N) is 4. The van der Waals surface area contributed by atoms with E-state index >= 15 is 0 Å². The van der Waals surface area contributed by atoms with Crippen LogP contribution in [0.25, 0.3) is 22.4 Å². The van der Waals surface area contributed by atoms with Crippen molar-refractivity contribution in [3.8, 4) is 17.1 Å². The van der Waals surface area contributed by atoms with Gasteiger partial charge in [-0.1, -0.05) is 11.8 Å². The lowest BCUT2D eigenvalue weighted by Crippen LogP contribution is -2.37. The molecule has 0 spiro atoms. The molecule has 0 aliphatic carbocycles. The Kier molecular flexibility index (Phi) is 5.50. The van der Waals surface area contributed by atoms with Crippen LogP contribution in [0.4, 0.5) is 0 Å². The van der Waals surface area contributed by atoms with Crippen molar-refractivity contribution in [2.45, 2.75) is 11.9 Å². The fourth-order valence-corrected chi connectivity index (χ4v) is 3.42. The smallest absolute Gasteiger partial charge is 0.332 e. The number of carbonyl (C=O) groups is 1. The van der Waals surface area contributed by atoms with Gasteiger partial charge < -0.3 is 10.5 Å². The topological polar surface area (TPSA) is 122 Å². The molecule has 3 rings (SSSR count). The number of primary amides is 1. The summed E-state index contributed by atoms with van der Waals surface area (Å²) in [6, 6.07) is 7.14. The molecule has 0 bridgehead atoms. The Balaban J connectivity index is 2.26. The zero-order valence-electron chi connectivity index (χ0n) is 15.6. The van der Waals surface area contributed by atoms with E-state index in [1.807, 2.05) is 6.92 Å². The predicted octanol–water partition coefficient (Wildman–Crippen LogP) is 0.670. The van der Waals surface area contributed by atoms with Gasteiger partial charge in [0.15, 0.2) is 11.5 Å². The molecule has 2 heterocycles. The summed E-state index contributed by atoms with van der Waals surface area (Å²) in [6.07, 6.45) is 0. The van der Waals surface area contributed by atoms with Gasteiger partial charge >= 0.3 is 5.69 Å². The Morgan fingerprint density at radius 3 is 2.43 bits per heavy atom. The molecule has 3 aromatic rings. The van der Waals surface area contributed by atoms with Gasteiger partial charge in [-0.2, -0.15) is 0 Å². The third kappa shape index (κ3) is 3.63. The van der Waals surface area contributed by atoms with Crippen LogP contribution in [0.15, 0.2) is 38.9 Å². The highest BCUT2D eigenvalue weighted by atomic mass is 32.2. The first-order chi connectivity index (χ1) is 13.3. The van der Waals surface area contributed by atoms with Crippen LogP contribution in [-0.4, -0.2) is 37.4 Å². The molecule has 10 heteroatoms. The maximum atomic E-state index is 12.7. The molecule has 0 aliphatic rings. The molecule has 146 valence electrons. The highest BCUT2D eigenvalue weighted by molar-refractivity contribution is 8.00. The Morgan fingerprint density at radius 2 is 1.82 bits per heavy atom. The van der Waals surface area contributed by atoms with Gasteiger partial charge in [-0.3, -0.25) is 18.7 Å². The summed E-state index contributed by atoms with van der Waals surface area (Å²) in [6.45, 7) is 2.44. The molecule has 0 fully saturated rings. The Bertz CT molecular complexity index is 1170. The molecule has 1 aromatic carbocycles. The molecular weight excluding hydrogens is 382 g/mol. The summed E-state index contributed by atoms with van der Waals surface area (Å²) in [4.78, 5) is 45.1. The first kappa shape index (κ1) is 19.6. The van der Waals surface area contributed by atoms with Gasteiger partial charge in [0.25, 0.3) is 5.56 Å². The molecule has 2 N–H and O–H groups in total. The number of ether oxygens (including phenoxy) is 1. The number of nitrogens with two attached hydrogens (primary N) is 1. The summed E-state index contributed by atoms with van der Waals surface area (Å²) in [5.74, 6) is 0.435. The summed E-state index contributed by atoms with van der Waals surface area (Å²) < 4.78 is 7.70. The van der Waals surface area contributed by atoms with E-state index < -0.39 is 17.2 Å². The third-order valence-electron chi connectivity index (χ3n) is 4.04. The van der Waals surface area contributed by atoms with Crippen molar-refractivity contribution in [2.75, 3.05) is 12.4 Å². The van der Waals surface area contributed by atoms with E-state index in [1.165, 1.54) is 18.7 Å². The lowest BCUT2D eigenvalue weighted by molar-refractivity contribution is -0.115. The van der Waals surface area contributed by atoms with Gasteiger partial charge in [-0.25, -0.2) is 14.8 Å². The number of aromatic nitrogens is 4. The Labute approximate surface area is 164 Å². The predicted molar refractivity (Wildman–Crippen MR) is 107 cm³/mol. The largest absolute Gasteiger partial charge is 0.494 e. The molecule has 0 unspecified atom stereocenters. The number of thioether (sulfide) groups is 1. The fraction of sp³-hybridized carbons (Fsp3) is 0.278. The van der Waals surface area contributed by atoms with Crippen molar-refractivity contribution >= 4 is 28.7 Å². The van der Waals surface area contributed by atoms with Gasteiger partial charge in [0, 0.05) is 19.7 Å². The van der Waals surface area contributed by atoms with Crippen LogP contribution in [-0.2, 0) is 18.9 Å². The molecule has 28 heavy (non-hydrogen) atoms. The lowest BCUT2D eigenvalue weighted by Gasteiger charge is -2.12. The first-order valence-corrected chi connectivity index (χ1v) is 9.44. The Hall–Kier alpha value is -3.14. The summed E-state index contributed by atoms with van der Waals surface area (Å²) in [5, 5.41) is 0.467. The number of amides is 1. The Morgan fingerprint density at radius 1 is 1.14 bits per heavy atom. The number of benzene rings is 1. The number of hydrogen-bond donors (Lipinski definition) is 1. The molecule has 0 atom stereocenters. The number of aryl methyl sites for hydroxylation is 1. The summed E-state index contributed by atoms with van der Waals surface area (Å²) in [5.41, 5.74) is 5.09. The van der Waals surface area contributed by atoms with Crippen LogP contribution in [0, 0.1) is 0 Å². The second-order valence-electron chi connectivity index (χ2n) is 5.97. The van der Waals surface area contributed by atoms with E-state index in [0.29, 0.717) is 28.8 Å². The van der Waals surface area contributed by atoms with Crippen LogP contribution in [0.1, 0.15) is 6.92 Å². The highest BCUT2D eigenvalue weighted by Crippen LogP contribution is 2.26. The average Bonchev–Trinajstić information content (AvgIpc) is 2.69. The van der Waals surface area contributed by atoms with E-state index in [9.17, 15) is 14.4 Å².